The molecule has 7 nitrogen and oxygen atoms in total. The molecule has 0 aromatic carbocycles. The first kappa shape index (κ1) is 16.0. The number of fused-ring (bicyclic) bond motifs is 1. The molecule has 0 saturated carbocycles. The van der Waals surface area contributed by atoms with Crippen LogP contribution in [-0.2, 0) is 9.53 Å². The number of urea groups is 1. The van der Waals surface area contributed by atoms with E-state index in [-0.39, 0.29) is 18.7 Å². The number of hydrogen-bond donors (Lipinski definition) is 2. The lowest BCUT2D eigenvalue weighted by molar-refractivity contribution is -0.140. The molecule has 0 aliphatic carbocycles. The summed E-state index contributed by atoms with van der Waals surface area (Å²) in [5, 5.41) is 11.6. The van der Waals surface area contributed by atoms with Crippen LogP contribution in [0.15, 0.2) is 0 Å². The van der Waals surface area contributed by atoms with E-state index in [2.05, 4.69) is 10.2 Å². The number of piperazine rings is 1. The fraction of sp³-hybridized carbons (Fsp3) is 0.857. The summed E-state index contributed by atoms with van der Waals surface area (Å²) in [6.45, 7) is 4.62. The maximum atomic E-state index is 12.4. The molecule has 2 heterocycles. The van der Waals surface area contributed by atoms with Gasteiger partial charge in [-0.25, -0.2) is 9.59 Å². The van der Waals surface area contributed by atoms with E-state index in [0.717, 1.165) is 19.5 Å². The molecule has 0 radical (unpaired) electrons. The first-order valence-electron chi connectivity index (χ1n) is 7.56. The van der Waals surface area contributed by atoms with Crippen LogP contribution in [0.5, 0.6) is 0 Å². The molecule has 2 aliphatic heterocycles. The first-order chi connectivity index (χ1) is 10.0. The highest BCUT2D eigenvalue weighted by atomic mass is 16.5. The Bertz CT molecular complexity index is 390. The van der Waals surface area contributed by atoms with Crippen LogP contribution < -0.4 is 5.32 Å². The predicted molar refractivity (Wildman–Crippen MR) is 77.2 cm³/mol. The number of ether oxygens (including phenoxy) is 1. The van der Waals surface area contributed by atoms with Gasteiger partial charge < -0.3 is 20.1 Å². The number of methoxy groups -OCH3 is 1. The second kappa shape index (κ2) is 7.09. The molecule has 2 rings (SSSR count). The van der Waals surface area contributed by atoms with E-state index in [4.69, 9.17) is 9.84 Å². The third kappa shape index (κ3) is 3.85. The molecular weight excluding hydrogens is 274 g/mol. The molecular formula is C14H25N3O4. The Balaban J connectivity index is 1.96. The molecule has 120 valence electrons. The van der Waals surface area contributed by atoms with Crippen molar-refractivity contribution in [1.29, 1.82) is 0 Å². The highest BCUT2D eigenvalue weighted by Gasteiger charge is 2.36. The van der Waals surface area contributed by atoms with Gasteiger partial charge in [-0.15, -0.1) is 0 Å². The van der Waals surface area contributed by atoms with Crippen LogP contribution >= 0.6 is 0 Å². The lowest BCUT2D eigenvalue weighted by Crippen LogP contribution is -2.63. The highest BCUT2D eigenvalue weighted by Crippen LogP contribution is 2.23. The van der Waals surface area contributed by atoms with Gasteiger partial charge in [0.25, 0.3) is 0 Å². The Hall–Kier alpha value is -1.34. The summed E-state index contributed by atoms with van der Waals surface area (Å²) in [4.78, 5) is 27.7. The number of carbonyl (C=O) groups is 2. The molecule has 0 aromatic rings. The maximum absolute atomic E-state index is 12.4. The van der Waals surface area contributed by atoms with Crippen molar-refractivity contribution in [3.8, 4) is 0 Å². The number of rotatable bonds is 4. The summed E-state index contributed by atoms with van der Waals surface area (Å²) < 4.78 is 4.84. The average Bonchev–Trinajstić information content (AvgIpc) is 2.45. The largest absolute Gasteiger partial charge is 0.480 e. The van der Waals surface area contributed by atoms with Crippen molar-refractivity contribution in [2.45, 2.75) is 44.3 Å². The topological polar surface area (TPSA) is 82.1 Å². The summed E-state index contributed by atoms with van der Waals surface area (Å²) in [6.07, 6.45) is 3.54. The van der Waals surface area contributed by atoms with Crippen molar-refractivity contribution >= 4 is 12.0 Å². The van der Waals surface area contributed by atoms with Gasteiger partial charge in [-0.3, -0.25) is 4.90 Å². The Labute approximate surface area is 125 Å². The Kier molecular flexibility index (Phi) is 5.41. The SMILES string of the molecule is COCC(NC(=O)N1CC2CCCCN2CC1C)C(=O)O. The van der Waals surface area contributed by atoms with E-state index >= 15 is 0 Å². The van der Waals surface area contributed by atoms with Crippen LogP contribution in [-0.4, -0.2) is 78.4 Å². The number of carboxylic acids is 1. The average molecular weight is 299 g/mol. The van der Waals surface area contributed by atoms with Gasteiger partial charge in [0.1, 0.15) is 0 Å². The molecule has 2 aliphatic rings. The maximum Gasteiger partial charge on any atom is 0.328 e. The molecule has 0 bridgehead atoms. The number of nitrogens with one attached hydrogen (secondary N) is 1. The normalized spacial score (nSPS) is 27.8. The standard InChI is InChI=1S/C14H25N3O4/c1-10-7-16-6-4-3-5-11(16)8-17(10)14(20)15-12(9-21-2)13(18)19/h10-12H,3-9H2,1-2H3,(H,15,20)(H,18,19). The summed E-state index contributed by atoms with van der Waals surface area (Å²) >= 11 is 0. The Morgan fingerprint density at radius 2 is 2.14 bits per heavy atom. The predicted octanol–water partition coefficient (Wildman–Crippen LogP) is 0.354. The highest BCUT2D eigenvalue weighted by molar-refractivity contribution is 5.83. The smallest absolute Gasteiger partial charge is 0.328 e. The lowest BCUT2D eigenvalue weighted by atomic mass is 9.97. The van der Waals surface area contributed by atoms with Crippen molar-refractivity contribution in [2.24, 2.45) is 0 Å². The van der Waals surface area contributed by atoms with E-state index in [1.165, 1.54) is 20.0 Å². The zero-order valence-corrected chi connectivity index (χ0v) is 12.7. The van der Waals surface area contributed by atoms with Gasteiger partial charge in [0.05, 0.1) is 6.61 Å². The number of hydrogen-bond acceptors (Lipinski definition) is 4. The van der Waals surface area contributed by atoms with Crippen molar-refractivity contribution in [2.75, 3.05) is 33.4 Å². The number of carbonyl (C=O) groups excluding carboxylic acids is 1. The van der Waals surface area contributed by atoms with Crippen LogP contribution in [0.4, 0.5) is 4.79 Å². The van der Waals surface area contributed by atoms with Crippen LogP contribution in [0, 0.1) is 0 Å². The lowest BCUT2D eigenvalue weighted by Gasteiger charge is -2.47. The number of nitrogens with zero attached hydrogens (tertiary/aromatic N) is 2. The van der Waals surface area contributed by atoms with Gasteiger partial charge >= 0.3 is 12.0 Å². The van der Waals surface area contributed by atoms with E-state index in [0.29, 0.717) is 12.6 Å². The van der Waals surface area contributed by atoms with Gasteiger partial charge in [0, 0.05) is 32.3 Å². The summed E-state index contributed by atoms with van der Waals surface area (Å²) in [6, 6.07) is -0.806. The zero-order valence-electron chi connectivity index (χ0n) is 12.7. The van der Waals surface area contributed by atoms with Gasteiger partial charge in [-0.2, -0.15) is 0 Å². The van der Waals surface area contributed by atoms with Gasteiger partial charge in [-0.1, -0.05) is 6.42 Å². The third-order valence-corrected chi connectivity index (χ3v) is 4.38. The third-order valence-electron chi connectivity index (χ3n) is 4.38. The fourth-order valence-corrected chi connectivity index (χ4v) is 3.21. The van der Waals surface area contributed by atoms with Crippen molar-refractivity contribution in [3.05, 3.63) is 0 Å². The summed E-state index contributed by atoms with van der Waals surface area (Å²) in [5.74, 6) is -1.07. The molecule has 0 spiro atoms. The van der Waals surface area contributed by atoms with Crippen LogP contribution in [0.25, 0.3) is 0 Å². The minimum Gasteiger partial charge on any atom is -0.480 e. The Morgan fingerprint density at radius 1 is 1.38 bits per heavy atom. The number of piperidine rings is 1. The molecule has 2 amide bonds. The van der Waals surface area contributed by atoms with Crippen LogP contribution in [0.1, 0.15) is 26.2 Å². The summed E-state index contributed by atoms with van der Waals surface area (Å²) in [5.41, 5.74) is 0. The van der Waals surface area contributed by atoms with Gasteiger partial charge in [-0.05, 0) is 26.3 Å². The molecule has 3 atom stereocenters. The number of amides is 2. The molecule has 0 aromatic heterocycles. The summed E-state index contributed by atoms with van der Waals surface area (Å²) in [7, 11) is 1.42. The molecule has 2 saturated heterocycles. The molecule has 3 unspecified atom stereocenters. The van der Waals surface area contributed by atoms with E-state index < -0.39 is 12.0 Å². The van der Waals surface area contributed by atoms with Crippen molar-refractivity contribution in [1.82, 2.24) is 15.1 Å². The number of carboxylic acid groups (broad SMARTS) is 1. The first-order valence-corrected chi connectivity index (χ1v) is 7.56. The van der Waals surface area contributed by atoms with Crippen LogP contribution in [0.2, 0.25) is 0 Å². The zero-order chi connectivity index (χ0) is 15.4. The minimum atomic E-state index is -1.07. The van der Waals surface area contributed by atoms with Crippen LogP contribution in [0.3, 0.4) is 0 Å². The van der Waals surface area contributed by atoms with Crippen molar-refractivity contribution < 1.29 is 19.4 Å². The van der Waals surface area contributed by atoms with Gasteiger partial charge in [0.2, 0.25) is 0 Å². The number of aliphatic carboxylic acids is 1. The monoisotopic (exact) mass is 299 g/mol. The second-order valence-corrected chi connectivity index (χ2v) is 5.94. The molecule has 7 heteroatoms. The van der Waals surface area contributed by atoms with Crippen molar-refractivity contribution in [3.63, 3.8) is 0 Å². The van der Waals surface area contributed by atoms with E-state index in [1.807, 2.05) is 6.92 Å². The molecule has 21 heavy (non-hydrogen) atoms. The quantitative estimate of drug-likeness (QED) is 0.783. The Morgan fingerprint density at radius 3 is 2.81 bits per heavy atom. The van der Waals surface area contributed by atoms with Gasteiger partial charge in [0.15, 0.2) is 6.04 Å². The fourth-order valence-electron chi connectivity index (χ4n) is 3.21. The van der Waals surface area contributed by atoms with E-state index in [1.54, 1.807) is 4.90 Å². The molecule has 2 N–H and O–H groups in total. The second-order valence-electron chi connectivity index (χ2n) is 5.94. The minimum absolute atomic E-state index is 0.0289. The molecule has 2 fully saturated rings. The van der Waals surface area contributed by atoms with E-state index in [9.17, 15) is 9.59 Å².